The predicted molar refractivity (Wildman–Crippen MR) is 121 cm³/mol. The lowest BCUT2D eigenvalue weighted by atomic mass is 10.0. The minimum Gasteiger partial charge on any atom is -0.507 e. The van der Waals surface area contributed by atoms with Gasteiger partial charge in [-0.25, -0.2) is 9.97 Å². The fourth-order valence-corrected chi connectivity index (χ4v) is 3.99. The van der Waals surface area contributed by atoms with Gasteiger partial charge < -0.3 is 20.6 Å². The van der Waals surface area contributed by atoms with Gasteiger partial charge in [0.1, 0.15) is 17.9 Å². The molecule has 2 fully saturated rings. The van der Waals surface area contributed by atoms with E-state index in [1.54, 1.807) is 6.07 Å². The van der Waals surface area contributed by atoms with E-state index >= 15 is 0 Å². The van der Waals surface area contributed by atoms with E-state index in [1.807, 2.05) is 37.4 Å². The van der Waals surface area contributed by atoms with Gasteiger partial charge in [-0.15, -0.1) is 10.2 Å². The summed E-state index contributed by atoms with van der Waals surface area (Å²) in [6.07, 6.45) is 5.39. The van der Waals surface area contributed by atoms with E-state index in [9.17, 15) is 5.11 Å². The second kappa shape index (κ2) is 8.47. The van der Waals surface area contributed by atoms with Gasteiger partial charge >= 0.3 is 0 Å². The zero-order chi connectivity index (χ0) is 21.2. The maximum Gasteiger partial charge on any atom is 0.151 e. The number of nitrogens with zero attached hydrogens (tertiary/aromatic N) is 5. The summed E-state index contributed by atoms with van der Waals surface area (Å²) in [6, 6.07) is 11.7. The molecular weight excluding hydrogens is 390 g/mol. The molecule has 1 aromatic carbocycles. The Labute approximate surface area is 181 Å². The number of anilines is 2. The molecule has 1 unspecified atom stereocenters. The van der Waals surface area contributed by atoms with Gasteiger partial charge in [-0.05, 0) is 56.0 Å². The molecule has 3 heterocycles. The molecule has 1 saturated heterocycles. The average Bonchev–Trinajstić information content (AvgIpc) is 3.53. The number of aromatic hydroxyl groups is 1. The molecule has 5 rings (SSSR count). The standard InChI is InChI=1S/C23H27N7O/c1-24-22-11-20(26-14-27-22)16-4-5-18(21(31)10-16)19-6-7-23(29-28-19)30-9-8-17(13-30)25-12-15-2-3-15/h4-7,10-11,14-15,17,25,31H,2-3,8-9,12-13H2,1H3,(H,24,26,27). The number of hydrogen-bond donors (Lipinski definition) is 3. The first-order valence-corrected chi connectivity index (χ1v) is 10.9. The SMILES string of the molecule is CNc1cc(-c2ccc(-c3ccc(N4CCC(NCC5CC5)C4)nn3)c(O)c2)ncn1. The first kappa shape index (κ1) is 19.7. The highest BCUT2D eigenvalue weighted by Gasteiger charge is 2.27. The van der Waals surface area contributed by atoms with Crippen LogP contribution in [0.2, 0.25) is 0 Å². The van der Waals surface area contributed by atoms with Gasteiger partial charge in [0, 0.05) is 43.4 Å². The molecule has 31 heavy (non-hydrogen) atoms. The molecule has 1 aliphatic carbocycles. The predicted octanol–water partition coefficient (Wildman–Crippen LogP) is 2.93. The molecule has 0 amide bonds. The zero-order valence-electron chi connectivity index (χ0n) is 17.6. The van der Waals surface area contributed by atoms with Crippen molar-refractivity contribution in [2.75, 3.05) is 36.9 Å². The molecule has 0 spiro atoms. The summed E-state index contributed by atoms with van der Waals surface area (Å²) in [6.45, 7) is 3.10. The Morgan fingerprint density at radius 3 is 2.68 bits per heavy atom. The Balaban J connectivity index is 1.28. The third kappa shape index (κ3) is 4.44. The van der Waals surface area contributed by atoms with Gasteiger partial charge in [0.05, 0.1) is 11.4 Å². The van der Waals surface area contributed by atoms with E-state index in [0.717, 1.165) is 54.9 Å². The Kier molecular flexibility index (Phi) is 5.38. The van der Waals surface area contributed by atoms with Crippen molar-refractivity contribution in [3.8, 4) is 28.3 Å². The van der Waals surface area contributed by atoms with E-state index in [4.69, 9.17) is 0 Å². The highest BCUT2D eigenvalue weighted by Crippen LogP contribution is 2.33. The number of rotatable bonds is 7. The normalized spacial score (nSPS) is 18.4. The number of phenols is 1. The second-order valence-electron chi connectivity index (χ2n) is 8.33. The van der Waals surface area contributed by atoms with E-state index in [-0.39, 0.29) is 5.75 Å². The lowest BCUT2D eigenvalue weighted by molar-refractivity contribution is 0.477. The van der Waals surface area contributed by atoms with Crippen LogP contribution in [0.15, 0.2) is 42.7 Å². The van der Waals surface area contributed by atoms with Crippen LogP contribution in [0, 0.1) is 5.92 Å². The van der Waals surface area contributed by atoms with Gasteiger partial charge in [0.15, 0.2) is 5.82 Å². The zero-order valence-corrected chi connectivity index (χ0v) is 17.6. The van der Waals surface area contributed by atoms with Crippen LogP contribution in [0.1, 0.15) is 19.3 Å². The highest BCUT2D eigenvalue weighted by atomic mass is 16.3. The molecule has 0 radical (unpaired) electrons. The van der Waals surface area contributed by atoms with E-state index < -0.39 is 0 Å². The molecule has 2 aliphatic rings. The van der Waals surface area contributed by atoms with Crippen LogP contribution >= 0.6 is 0 Å². The molecule has 1 saturated carbocycles. The van der Waals surface area contributed by atoms with E-state index in [1.165, 1.54) is 19.2 Å². The quantitative estimate of drug-likeness (QED) is 0.540. The smallest absolute Gasteiger partial charge is 0.151 e. The Hall–Kier alpha value is -3.26. The van der Waals surface area contributed by atoms with Crippen molar-refractivity contribution in [3.63, 3.8) is 0 Å². The van der Waals surface area contributed by atoms with Crippen molar-refractivity contribution >= 4 is 11.6 Å². The van der Waals surface area contributed by atoms with Crippen molar-refractivity contribution in [3.05, 3.63) is 42.7 Å². The largest absolute Gasteiger partial charge is 0.507 e. The maximum absolute atomic E-state index is 10.6. The number of benzene rings is 1. The van der Waals surface area contributed by atoms with Crippen LogP contribution in [-0.2, 0) is 0 Å². The molecule has 8 heteroatoms. The van der Waals surface area contributed by atoms with Gasteiger partial charge in [-0.2, -0.15) is 0 Å². The van der Waals surface area contributed by atoms with Crippen LogP contribution in [0.25, 0.3) is 22.5 Å². The molecule has 8 nitrogen and oxygen atoms in total. The van der Waals surface area contributed by atoms with Crippen molar-refractivity contribution in [1.82, 2.24) is 25.5 Å². The van der Waals surface area contributed by atoms with E-state index in [2.05, 4.69) is 35.7 Å². The summed E-state index contributed by atoms with van der Waals surface area (Å²) < 4.78 is 0. The topological polar surface area (TPSA) is 99.1 Å². The van der Waals surface area contributed by atoms with E-state index in [0.29, 0.717) is 17.3 Å². The van der Waals surface area contributed by atoms with Gasteiger partial charge in [-0.1, -0.05) is 6.07 Å². The molecular formula is C23H27N7O. The molecule has 0 bridgehead atoms. The summed E-state index contributed by atoms with van der Waals surface area (Å²) >= 11 is 0. The summed E-state index contributed by atoms with van der Waals surface area (Å²) in [4.78, 5) is 10.7. The van der Waals surface area contributed by atoms with Crippen LogP contribution < -0.4 is 15.5 Å². The van der Waals surface area contributed by atoms with Crippen molar-refractivity contribution in [2.45, 2.75) is 25.3 Å². The lowest BCUT2D eigenvalue weighted by Crippen LogP contribution is -2.34. The second-order valence-corrected chi connectivity index (χ2v) is 8.33. The third-order valence-electron chi connectivity index (χ3n) is 6.05. The Morgan fingerprint density at radius 1 is 1.03 bits per heavy atom. The van der Waals surface area contributed by atoms with Gasteiger partial charge in [0.2, 0.25) is 0 Å². The first-order valence-electron chi connectivity index (χ1n) is 10.9. The van der Waals surface area contributed by atoms with Crippen LogP contribution in [0.5, 0.6) is 5.75 Å². The van der Waals surface area contributed by atoms with Crippen LogP contribution in [0.4, 0.5) is 11.6 Å². The first-order chi connectivity index (χ1) is 15.2. The van der Waals surface area contributed by atoms with Crippen molar-refractivity contribution in [2.24, 2.45) is 5.92 Å². The summed E-state index contributed by atoms with van der Waals surface area (Å²) in [5.41, 5.74) is 2.85. The fourth-order valence-electron chi connectivity index (χ4n) is 3.99. The van der Waals surface area contributed by atoms with Crippen molar-refractivity contribution in [1.29, 1.82) is 0 Å². The fraction of sp³-hybridized carbons (Fsp3) is 0.391. The third-order valence-corrected chi connectivity index (χ3v) is 6.05. The maximum atomic E-state index is 10.6. The minimum atomic E-state index is 0.148. The summed E-state index contributed by atoms with van der Waals surface area (Å²) in [7, 11) is 1.81. The highest BCUT2D eigenvalue weighted by molar-refractivity contribution is 5.73. The molecule has 3 aromatic rings. The number of aromatic nitrogens is 4. The van der Waals surface area contributed by atoms with Gasteiger partial charge in [0.25, 0.3) is 0 Å². The van der Waals surface area contributed by atoms with Crippen LogP contribution in [0.3, 0.4) is 0 Å². The number of phenolic OH excluding ortho intramolecular Hbond substituents is 1. The van der Waals surface area contributed by atoms with Gasteiger partial charge in [-0.3, -0.25) is 0 Å². The molecule has 160 valence electrons. The van der Waals surface area contributed by atoms with Crippen molar-refractivity contribution < 1.29 is 5.11 Å². The number of hydrogen-bond acceptors (Lipinski definition) is 8. The molecule has 1 aliphatic heterocycles. The lowest BCUT2D eigenvalue weighted by Gasteiger charge is -2.17. The molecule has 3 N–H and O–H groups in total. The molecule has 2 aromatic heterocycles. The Bertz CT molecular complexity index is 1050. The minimum absolute atomic E-state index is 0.148. The summed E-state index contributed by atoms with van der Waals surface area (Å²) in [5, 5.41) is 26.1. The molecule has 1 atom stereocenters. The average molecular weight is 418 g/mol. The monoisotopic (exact) mass is 417 g/mol. The Morgan fingerprint density at radius 2 is 1.94 bits per heavy atom. The summed E-state index contributed by atoms with van der Waals surface area (Å²) in [5.74, 6) is 2.65. The number of nitrogens with one attached hydrogen (secondary N) is 2. The van der Waals surface area contributed by atoms with Crippen LogP contribution in [-0.4, -0.2) is 58.0 Å².